The first-order valence-electron chi connectivity index (χ1n) is 5.72. The van der Waals surface area contributed by atoms with Crippen LogP contribution in [0.1, 0.15) is 0 Å². The number of anilines is 1. The van der Waals surface area contributed by atoms with Gasteiger partial charge in [0.1, 0.15) is 5.51 Å². The molecule has 0 radical (unpaired) electrons. The lowest BCUT2D eigenvalue weighted by Crippen LogP contribution is -2.14. The maximum atomic E-state index is 11.9. The first kappa shape index (κ1) is 14.3. The third-order valence-corrected chi connectivity index (χ3v) is 5.06. The molecule has 0 saturated carbocycles. The zero-order valence-corrected chi connectivity index (χ0v) is 13.6. The number of nitrogens with zero attached hydrogens (tertiary/aromatic N) is 2. The van der Waals surface area contributed by atoms with Crippen LogP contribution in [0.4, 0.5) is 5.69 Å². The largest absolute Gasteiger partial charge is 0.324 e. The average Bonchev–Trinajstić information content (AvgIpc) is 3.05. The molecule has 108 valence electrons. The van der Waals surface area contributed by atoms with Crippen LogP contribution in [-0.4, -0.2) is 31.8 Å². The zero-order chi connectivity index (χ0) is 14.8. The van der Waals surface area contributed by atoms with E-state index in [9.17, 15) is 9.59 Å². The van der Waals surface area contributed by atoms with Gasteiger partial charge in [0.15, 0.2) is 4.34 Å². The van der Waals surface area contributed by atoms with Crippen LogP contribution in [-0.2, 0) is 4.79 Å². The summed E-state index contributed by atoms with van der Waals surface area (Å²) >= 11 is 6.08. The zero-order valence-electron chi connectivity index (χ0n) is 10.3. The van der Waals surface area contributed by atoms with Crippen LogP contribution < -0.4 is 11.0 Å². The van der Waals surface area contributed by atoms with E-state index in [-0.39, 0.29) is 17.3 Å². The number of H-pyrrole nitrogens is 2. The highest BCUT2D eigenvalue weighted by atomic mass is 79.9. The number of aromatic nitrogens is 4. The molecular formula is C11H8BrN5O2S2. The number of rotatable bonds is 4. The van der Waals surface area contributed by atoms with Crippen molar-refractivity contribution in [2.75, 3.05) is 11.1 Å². The Morgan fingerprint density at radius 3 is 2.86 bits per heavy atom. The Hall–Kier alpha value is -1.65. The van der Waals surface area contributed by atoms with Crippen LogP contribution in [0.5, 0.6) is 0 Å². The van der Waals surface area contributed by atoms with Crippen LogP contribution in [0.3, 0.4) is 0 Å². The highest BCUT2D eigenvalue weighted by molar-refractivity contribution is 9.10. The van der Waals surface area contributed by atoms with E-state index in [0.717, 1.165) is 4.34 Å². The van der Waals surface area contributed by atoms with Crippen LogP contribution in [0.2, 0.25) is 0 Å². The number of nitrogens with one attached hydrogen (secondary N) is 3. The fourth-order valence-electron chi connectivity index (χ4n) is 1.69. The fraction of sp³-hybridized carbons (Fsp3) is 0.0909. The molecule has 21 heavy (non-hydrogen) atoms. The number of imidazole rings is 1. The van der Waals surface area contributed by atoms with Crippen molar-refractivity contribution in [2.24, 2.45) is 0 Å². The van der Waals surface area contributed by atoms with E-state index in [1.807, 2.05) is 0 Å². The number of halogens is 1. The fourth-order valence-corrected chi connectivity index (χ4v) is 3.42. The Balaban J connectivity index is 1.73. The highest BCUT2D eigenvalue weighted by Crippen LogP contribution is 2.27. The first-order chi connectivity index (χ1) is 10.1. The van der Waals surface area contributed by atoms with Gasteiger partial charge in [-0.05, 0) is 28.1 Å². The van der Waals surface area contributed by atoms with Gasteiger partial charge >= 0.3 is 5.69 Å². The second-order valence-electron chi connectivity index (χ2n) is 4.00. The minimum absolute atomic E-state index is 0.159. The average molecular weight is 386 g/mol. The van der Waals surface area contributed by atoms with Crippen LogP contribution in [0.15, 0.2) is 31.3 Å². The van der Waals surface area contributed by atoms with Gasteiger partial charge in [-0.25, -0.2) is 4.79 Å². The van der Waals surface area contributed by atoms with Gasteiger partial charge in [0.05, 0.1) is 22.5 Å². The van der Waals surface area contributed by atoms with Gasteiger partial charge in [-0.1, -0.05) is 23.1 Å². The number of fused-ring (bicyclic) bond motifs is 1. The summed E-state index contributed by atoms with van der Waals surface area (Å²) in [6.07, 6.45) is 0. The van der Waals surface area contributed by atoms with Crippen molar-refractivity contribution in [1.82, 2.24) is 20.2 Å². The summed E-state index contributed by atoms with van der Waals surface area (Å²) < 4.78 is 1.44. The maximum Gasteiger partial charge on any atom is 0.323 e. The number of carbonyl (C=O) groups excluding carboxylic acids is 1. The molecule has 0 aliphatic heterocycles. The third-order valence-electron chi connectivity index (χ3n) is 2.54. The molecule has 2 heterocycles. The molecule has 0 spiro atoms. The number of thioether (sulfide) groups is 1. The van der Waals surface area contributed by atoms with Gasteiger partial charge in [0.2, 0.25) is 5.91 Å². The summed E-state index contributed by atoms with van der Waals surface area (Å²) in [5.41, 5.74) is 3.24. The summed E-state index contributed by atoms with van der Waals surface area (Å²) in [5.74, 6) is 0.0803. The standard InChI is InChI=1S/C11H8BrN5O2S2/c12-5-1-7-8(16-10(19)15-7)2-6(5)14-9(18)3-20-11-17-13-4-21-11/h1-2,4H,3H2,(H,14,18)(H2,15,16,19). The molecule has 1 aromatic carbocycles. The SMILES string of the molecule is O=C(CSc1nncs1)Nc1cc2[nH]c(=O)[nH]c2cc1Br. The van der Waals surface area contributed by atoms with Crippen molar-refractivity contribution in [3.63, 3.8) is 0 Å². The minimum Gasteiger partial charge on any atom is -0.324 e. The van der Waals surface area contributed by atoms with E-state index >= 15 is 0 Å². The first-order valence-corrected chi connectivity index (χ1v) is 8.38. The normalized spacial score (nSPS) is 10.9. The Bertz CT molecular complexity index is 842. The Morgan fingerprint density at radius 2 is 2.14 bits per heavy atom. The molecule has 0 saturated heterocycles. The second-order valence-corrected chi connectivity index (χ2v) is 6.91. The molecule has 1 amide bonds. The minimum atomic E-state index is -0.285. The van der Waals surface area contributed by atoms with Crippen molar-refractivity contribution in [2.45, 2.75) is 4.34 Å². The van der Waals surface area contributed by atoms with Crippen LogP contribution in [0.25, 0.3) is 11.0 Å². The topological polar surface area (TPSA) is 104 Å². The van der Waals surface area contributed by atoms with E-state index in [1.165, 1.54) is 23.1 Å². The Labute approximate surface area is 134 Å². The quantitative estimate of drug-likeness (QED) is 0.597. The number of hydrogen-bond acceptors (Lipinski definition) is 6. The van der Waals surface area contributed by atoms with Crippen molar-refractivity contribution in [1.29, 1.82) is 0 Å². The number of hydrogen-bond donors (Lipinski definition) is 3. The molecule has 0 bridgehead atoms. The lowest BCUT2D eigenvalue weighted by atomic mass is 10.3. The van der Waals surface area contributed by atoms with E-state index in [2.05, 4.69) is 41.4 Å². The highest BCUT2D eigenvalue weighted by Gasteiger charge is 2.10. The lowest BCUT2D eigenvalue weighted by Gasteiger charge is -2.06. The van der Waals surface area contributed by atoms with Gasteiger partial charge in [-0.3, -0.25) is 4.79 Å². The van der Waals surface area contributed by atoms with Gasteiger partial charge in [0.25, 0.3) is 0 Å². The summed E-state index contributed by atoms with van der Waals surface area (Å²) in [6.45, 7) is 0. The van der Waals surface area contributed by atoms with E-state index in [1.54, 1.807) is 17.6 Å². The molecule has 7 nitrogen and oxygen atoms in total. The van der Waals surface area contributed by atoms with Gasteiger partial charge in [0, 0.05) is 4.47 Å². The molecular weight excluding hydrogens is 378 g/mol. The van der Waals surface area contributed by atoms with Crippen molar-refractivity contribution < 1.29 is 4.79 Å². The number of carbonyl (C=O) groups is 1. The molecule has 0 fully saturated rings. The monoisotopic (exact) mass is 385 g/mol. The molecule has 0 aliphatic carbocycles. The molecule has 3 N–H and O–H groups in total. The molecule has 3 aromatic rings. The van der Waals surface area contributed by atoms with Crippen LogP contribution in [0, 0.1) is 0 Å². The van der Waals surface area contributed by atoms with Crippen LogP contribution >= 0.6 is 39.0 Å². The molecule has 10 heteroatoms. The van der Waals surface area contributed by atoms with Crippen molar-refractivity contribution in [3.05, 3.63) is 32.6 Å². The smallest absolute Gasteiger partial charge is 0.323 e. The molecule has 0 atom stereocenters. The number of amides is 1. The van der Waals surface area contributed by atoms with Gasteiger partial charge in [-0.2, -0.15) is 0 Å². The predicted octanol–water partition coefficient (Wildman–Crippen LogP) is 2.20. The van der Waals surface area contributed by atoms with E-state index < -0.39 is 0 Å². The molecule has 0 aliphatic rings. The van der Waals surface area contributed by atoms with Gasteiger partial charge in [-0.15, -0.1) is 10.2 Å². The molecule has 2 aromatic heterocycles. The van der Waals surface area contributed by atoms with Gasteiger partial charge < -0.3 is 15.3 Å². The van der Waals surface area contributed by atoms with E-state index in [4.69, 9.17) is 0 Å². The number of aromatic amines is 2. The Morgan fingerprint density at radius 1 is 1.38 bits per heavy atom. The summed E-state index contributed by atoms with van der Waals surface area (Å²) in [4.78, 5) is 28.5. The predicted molar refractivity (Wildman–Crippen MR) is 85.9 cm³/mol. The van der Waals surface area contributed by atoms with E-state index in [0.29, 0.717) is 21.2 Å². The summed E-state index contributed by atoms with van der Waals surface area (Å²) in [6, 6.07) is 3.44. The summed E-state index contributed by atoms with van der Waals surface area (Å²) in [5, 5.41) is 10.3. The molecule has 3 rings (SSSR count). The molecule has 0 unspecified atom stereocenters. The summed E-state index contributed by atoms with van der Waals surface area (Å²) in [7, 11) is 0. The number of benzene rings is 1. The third kappa shape index (κ3) is 3.34. The lowest BCUT2D eigenvalue weighted by molar-refractivity contribution is -0.113. The Kier molecular flexibility index (Phi) is 4.08. The maximum absolute atomic E-state index is 11.9. The van der Waals surface area contributed by atoms with Crippen molar-refractivity contribution >= 4 is 61.7 Å². The second kappa shape index (κ2) is 6.00. The van der Waals surface area contributed by atoms with Crippen molar-refractivity contribution in [3.8, 4) is 0 Å².